The highest BCUT2D eigenvalue weighted by Crippen LogP contribution is 2.25. The van der Waals surface area contributed by atoms with Gasteiger partial charge < -0.3 is 15.1 Å². The molecule has 2 aliphatic rings. The Balaban J connectivity index is 1.40. The minimum atomic E-state index is 0.118. The second-order valence-corrected chi connectivity index (χ2v) is 8.48. The number of piperidine rings is 1. The molecule has 1 amide bonds. The van der Waals surface area contributed by atoms with Gasteiger partial charge in [-0.15, -0.1) is 0 Å². The third-order valence-corrected chi connectivity index (χ3v) is 6.19. The van der Waals surface area contributed by atoms with Crippen LogP contribution in [-0.4, -0.2) is 42.0 Å². The lowest BCUT2D eigenvalue weighted by molar-refractivity contribution is 0.0761. The molecular weight excluding hydrogens is 360 g/mol. The van der Waals surface area contributed by atoms with Gasteiger partial charge >= 0.3 is 0 Å². The van der Waals surface area contributed by atoms with Gasteiger partial charge in [0.1, 0.15) is 5.82 Å². The second kappa shape index (κ2) is 9.29. The van der Waals surface area contributed by atoms with E-state index in [1.54, 1.807) is 6.20 Å². The van der Waals surface area contributed by atoms with Crippen molar-refractivity contribution in [3.63, 3.8) is 0 Å². The van der Waals surface area contributed by atoms with E-state index in [4.69, 9.17) is 0 Å². The topological polar surface area (TPSA) is 48.5 Å². The Bertz CT molecular complexity index is 804. The van der Waals surface area contributed by atoms with E-state index in [0.717, 1.165) is 50.6 Å². The quantitative estimate of drug-likeness (QED) is 0.788. The number of aromatic nitrogens is 1. The molecule has 4 rings (SSSR count). The number of pyridine rings is 1. The molecule has 0 spiro atoms. The maximum absolute atomic E-state index is 12.9. The molecule has 0 unspecified atom stereocenters. The summed E-state index contributed by atoms with van der Waals surface area (Å²) in [5, 5.41) is 3.35. The number of carbonyl (C=O) groups excluding carboxylic acids is 1. The van der Waals surface area contributed by atoms with Gasteiger partial charge in [-0.3, -0.25) is 4.79 Å². The van der Waals surface area contributed by atoms with Crippen molar-refractivity contribution in [2.24, 2.45) is 5.92 Å². The van der Waals surface area contributed by atoms with Crippen molar-refractivity contribution in [1.82, 2.24) is 9.88 Å². The van der Waals surface area contributed by atoms with Crippen LogP contribution in [0.15, 0.2) is 42.6 Å². The highest BCUT2D eigenvalue weighted by Gasteiger charge is 2.18. The smallest absolute Gasteiger partial charge is 0.254 e. The van der Waals surface area contributed by atoms with Crippen molar-refractivity contribution < 1.29 is 4.79 Å². The number of hydrogen-bond donors (Lipinski definition) is 1. The molecule has 0 saturated carbocycles. The molecule has 0 radical (unpaired) electrons. The summed E-state index contributed by atoms with van der Waals surface area (Å²) in [6.07, 6.45) is 8.90. The predicted octanol–water partition coefficient (Wildman–Crippen LogP) is 5.08. The van der Waals surface area contributed by atoms with Gasteiger partial charge in [0.25, 0.3) is 5.91 Å². The van der Waals surface area contributed by atoms with Crippen LogP contribution >= 0.6 is 0 Å². The summed E-state index contributed by atoms with van der Waals surface area (Å²) in [6.45, 7) is 6.33. The van der Waals surface area contributed by atoms with Crippen LogP contribution in [0.2, 0.25) is 0 Å². The highest BCUT2D eigenvalue weighted by atomic mass is 16.2. The van der Waals surface area contributed by atoms with Gasteiger partial charge in [0.15, 0.2) is 0 Å². The number of benzene rings is 1. The minimum Gasteiger partial charge on any atom is -0.372 e. The van der Waals surface area contributed by atoms with Gasteiger partial charge in [0.2, 0.25) is 0 Å². The van der Waals surface area contributed by atoms with Gasteiger partial charge in [0.05, 0.1) is 0 Å². The number of amides is 1. The number of nitrogens with one attached hydrogen (secondary N) is 1. The number of rotatable bonds is 4. The average molecular weight is 393 g/mol. The van der Waals surface area contributed by atoms with Crippen LogP contribution in [0.3, 0.4) is 0 Å². The third-order valence-electron chi connectivity index (χ3n) is 6.19. The molecule has 3 heterocycles. The lowest BCUT2D eigenvalue weighted by atomic mass is 9.99. The van der Waals surface area contributed by atoms with E-state index in [1.165, 1.54) is 31.4 Å². The number of likely N-dealkylation sites (tertiary alicyclic amines) is 1. The van der Waals surface area contributed by atoms with Gasteiger partial charge in [-0.05, 0) is 68.0 Å². The SMILES string of the molecule is CC1CCN(c2ccc(Nc3cc(C(=O)N4CCCCCC4)ccn3)cc2)CC1. The Hall–Kier alpha value is -2.56. The van der Waals surface area contributed by atoms with Crippen LogP contribution in [0.1, 0.15) is 55.8 Å². The number of nitrogens with zero attached hydrogens (tertiary/aromatic N) is 3. The second-order valence-electron chi connectivity index (χ2n) is 8.48. The third kappa shape index (κ3) is 5.08. The van der Waals surface area contributed by atoms with Gasteiger partial charge in [-0.25, -0.2) is 4.98 Å². The Morgan fingerprint density at radius 3 is 2.34 bits per heavy atom. The molecule has 2 aliphatic heterocycles. The lowest BCUT2D eigenvalue weighted by Crippen LogP contribution is -2.32. The molecule has 2 saturated heterocycles. The van der Waals surface area contributed by atoms with E-state index in [0.29, 0.717) is 11.4 Å². The van der Waals surface area contributed by atoms with E-state index >= 15 is 0 Å². The fourth-order valence-corrected chi connectivity index (χ4v) is 4.26. The predicted molar refractivity (Wildman–Crippen MR) is 119 cm³/mol. The van der Waals surface area contributed by atoms with Crippen molar-refractivity contribution >= 4 is 23.1 Å². The van der Waals surface area contributed by atoms with E-state index < -0.39 is 0 Å². The van der Waals surface area contributed by atoms with Crippen LogP contribution < -0.4 is 10.2 Å². The molecular formula is C24H32N4O. The maximum atomic E-state index is 12.9. The molecule has 0 aliphatic carbocycles. The Morgan fingerprint density at radius 1 is 0.966 bits per heavy atom. The first-order valence-corrected chi connectivity index (χ1v) is 11.1. The molecule has 1 aromatic carbocycles. The number of anilines is 3. The zero-order chi connectivity index (χ0) is 20.1. The van der Waals surface area contributed by atoms with E-state index in [9.17, 15) is 4.79 Å². The van der Waals surface area contributed by atoms with Gasteiger partial charge in [-0.1, -0.05) is 19.8 Å². The van der Waals surface area contributed by atoms with Crippen LogP contribution in [0.25, 0.3) is 0 Å². The molecule has 1 aromatic heterocycles. The van der Waals surface area contributed by atoms with Crippen molar-refractivity contribution in [1.29, 1.82) is 0 Å². The minimum absolute atomic E-state index is 0.118. The fraction of sp³-hybridized carbons (Fsp3) is 0.500. The first-order chi connectivity index (χ1) is 14.2. The summed E-state index contributed by atoms with van der Waals surface area (Å²) in [5.41, 5.74) is 2.98. The zero-order valence-electron chi connectivity index (χ0n) is 17.4. The summed E-state index contributed by atoms with van der Waals surface area (Å²) in [7, 11) is 0. The lowest BCUT2D eigenvalue weighted by Gasteiger charge is -2.32. The standard InChI is InChI=1S/C24H32N4O/c1-19-11-16-27(17-12-19)22-8-6-21(7-9-22)26-23-18-20(10-13-25-23)24(29)28-14-4-2-3-5-15-28/h6-10,13,18-19H,2-5,11-12,14-17H2,1H3,(H,25,26). The van der Waals surface area contributed by atoms with Crippen LogP contribution in [0.5, 0.6) is 0 Å². The first kappa shape index (κ1) is 19.7. The van der Waals surface area contributed by atoms with Crippen molar-refractivity contribution in [3.8, 4) is 0 Å². The molecule has 29 heavy (non-hydrogen) atoms. The molecule has 154 valence electrons. The molecule has 0 bridgehead atoms. The molecule has 2 fully saturated rings. The molecule has 5 nitrogen and oxygen atoms in total. The van der Waals surface area contributed by atoms with Crippen molar-refractivity contribution in [2.45, 2.75) is 45.4 Å². The average Bonchev–Trinajstić information content (AvgIpc) is 3.04. The van der Waals surface area contributed by atoms with Crippen LogP contribution in [0.4, 0.5) is 17.2 Å². The monoisotopic (exact) mass is 392 g/mol. The Morgan fingerprint density at radius 2 is 1.66 bits per heavy atom. The summed E-state index contributed by atoms with van der Waals surface area (Å²) in [4.78, 5) is 21.7. The maximum Gasteiger partial charge on any atom is 0.254 e. The van der Waals surface area contributed by atoms with E-state index in [-0.39, 0.29) is 5.91 Å². The van der Waals surface area contributed by atoms with Crippen molar-refractivity contribution in [3.05, 3.63) is 48.2 Å². The normalized spacial score (nSPS) is 18.4. The molecule has 2 aromatic rings. The molecule has 0 atom stereocenters. The van der Waals surface area contributed by atoms with E-state index in [2.05, 4.69) is 46.4 Å². The van der Waals surface area contributed by atoms with Gasteiger partial charge in [0, 0.05) is 49.3 Å². The summed E-state index contributed by atoms with van der Waals surface area (Å²) < 4.78 is 0. The fourth-order valence-electron chi connectivity index (χ4n) is 4.26. The largest absolute Gasteiger partial charge is 0.372 e. The Labute approximate surface area is 174 Å². The molecule has 5 heteroatoms. The Kier molecular flexibility index (Phi) is 6.33. The van der Waals surface area contributed by atoms with Crippen molar-refractivity contribution in [2.75, 3.05) is 36.4 Å². The van der Waals surface area contributed by atoms with E-state index in [1.807, 2.05) is 17.0 Å². The molecule has 1 N–H and O–H groups in total. The zero-order valence-corrected chi connectivity index (χ0v) is 17.4. The van der Waals surface area contributed by atoms with Crippen LogP contribution in [0, 0.1) is 5.92 Å². The summed E-state index contributed by atoms with van der Waals surface area (Å²) >= 11 is 0. The number of carbonyl (C=O) groups is 1. The summed E-state index contributed by atoms with van der Waals surface area (Å²) in [6, 6.07) is 12.2. The van der Waals surface area contributed by atoms with Crippen LogP contribution in [-0.2, 0) is 0 Å². The number of hydrogen-bond acceptors (Lipinski definition) is 4. The highest BCUT2D eigenvalue weighted by molar-refractivity contribution is 5.95. The summed E-state index contributed by atoms with van der Waals surface area (Å²) in [5.74, 6) is 1.67. The first-order valence-electron chi connectivity index (χ1n) is 11.1. The van der Waals surface area contributed by atoms with Gasteiger partial charge in [-0.2, -0.15) is 0 Å².